The lowest BCUT2D eigenvalue weighted by molar-refractivity contribution is -0.132. The zero-order chi connectivity index (χ0) is 23.2. The first-order valence-corrected chi connectivity index (χ1v) is 9.88. The van der Waals surface area contributed by atoms with E-state index < -0.39 is 23.1 Å². The van der Waals surface area contributed by atoms with Gasteiger partial charge < -0.3 is 20.8 Å². The SMILES string of the molecule is CCn1c(=C=C(C#N)C(=O)O)sc(=C=CNc2cccc(NC(=O)C(C)(C)O)c2)c1=O. The minimum Gasteiger partial charge on any atom is -0.477 e. The molecule has 2 rings (SSSR count). The first-order chi connectivity index (χ1) is 14.6. The number of nitrogens with one attached hydrogen (secondary N) is 2. The second-order valence-corrected chi connectivity index (χ2v) is 7.73. The number of nitrogens with zero attached hydrogens (tertiary/aromatic N) is 2. The lowest BCUT2D eigenvalue weighted by Gasteiger charge is -2.16. The molecule has 0 aliphatic heterocycles. The first-order valence-electron chi connectivity index (χ1n) is 9.06. The van der Waals surface area contributed by atoms with Crippen molar-refractivity contribution in [3.05, 3.63) is 55.6 Å². The number of hydrogen-bond donors (Lipinski definition) is 4. The van der Waals surface area contributed by atoms with Crippen molar-refractivity contribution in [1.29, 1.82) is 5.26 Å². The van der Waals surface area contributed by atoms with E-state index in [9.17, 15) is 19.5 Å². The summed E-state index contributed by atoms with van der Waals surface area (Å²) in [7, 11) is 0. The molecule has 0 aliphatic carbocycles. The van der Waals surface area contributed by atoms with Gasteiger partial charge in [0.25, 0.3) is 11.5 Å². The van der Waals surface area contributed by atoms with Crippen LogP contribution in [0.2, 0.25) is 0 Å². The van der Waals surface area contributed by atoms with Crippen LogP contribution < -0.4 is 25.4 Å². The molecule has 10 heteroatoms. The highest BCUT2D eigenvalue weighted by Crippen LogP contribution is 2.16. The van der Waals surface area contributed by atoms with Gasteiger partial charge in [-0.25, -0.2) is 4.79 Å². The van der Waals surface area contributed by atoms with E-state index in [4.69, 9.17) is 10.4 Å². The van der Waals surface area contributed by atoms with Crippen molar-refractivity contribution in [3.63, 3.8) is 0 Å². The Morgan fingerprint density at radius 3 is 2.58 bits per heavy atom. The van der Waals surface area contributed by atoms with Gasteiger partial charge in [-0.1, -0.05) is 28.9 Å². The number of carboxylic acids is 1. The topological polar surface area (TPSA) is 144 Å². The summed E-state index contributed by atoms with van der Waals surface area (Å²) in [5.41, 5.74) is 3.82. The molecule has 1 heterocycles. The fourth-order valence-corrected chi connectivity index (χ4v) is 3.26. The number of hydrogen-bond acceptors (Lipinski definition) is 7. The number of aliphatic carboxylic acids is 1. The molecule has 160 valence electrons. The number of carbonyl (C=O) groups excluding carboxylic acids is 1. The molecule has 0 spiro atoms. The Hall–Kier alpha value is -3.86. The van der Waals surface area contributed by atoms with Crippen LogP contribution in [0.15, 0.2) is 40.8 Å². The van der Waals surface area contributed by atoms with Gasteiger partial charge in [0, 0.05) is 24.1 Å². The molecule has 0 bridgehead atoms. The van der Waals surface area contributed by atoms with E-state index in [2.05, 4.69) is 22.1 Å². The quantitative estimate of drug-likeness (QED) is 0.379. The van der Waals surface area contributed by atoms with Gasteiger partial charge in [-0.05, 0) is 39.0 Å². The maximum Gasteiger partial charge on any atom is 0.354 e. The summed E-state index contributed by atoms with van der Waals surface area (Å²) >= 11 is 0.958. The molecule has 9 nitrogen and oxygen atoms in total. The monoisotopic (exact) mass is 440 g/mol. The van der Waals surface area contributed by atoms with E-state index in [-0.39, 0.29) is 21.3 Å². The largest absolute Gasteiger partial charge is 0.477 e. The van der Waals surface area contributed by atoms with E-state index in [1.807, 2.05) is 0 Å². The number of rotatable bonds is 6. The molecular formula is C21H20N4O5S. The summed E-state index contributed by atoms with van der Waals surface area (Å²) in [6.07, 6.45) is 1.40. The van der Waals surface area contributed by atoms with Gasteiger partial charge >= 0.3 is 5.97 Å². The molecule has 2 aromatic rings. The average Bonchev–Trinajstić information content (AvgIpc) is 2.99. The van der Waals surface area contributed by atoms with Crippen LogP contribution >= 0.6 is 11.3 Å². The first kappa shape index (κ1) is 23.4. The highest BCUT2D eigenvalue weighted by atomic mass is 32.1. The van der Waals surface area contributed by atoms with Gasteiger partial charge in [-0.2, -0.15) is 5.26 Å². The van der Waals surface area contributed by atoms with Crippen molar-refractivity contribution in [1.82, 2.24) is 4.57 Å². The molecule has 0 saturated heterocycles. The van der Waals surface area contributed by atoms with Gasteiger partial charge in [0.05, 0.1) is 0 Å². The minimum absolute atomic E-state index is 0.200. The van der Waals surface area contributed by atoms with Gasteiger partial charge in [0.2, 0.25) is 0 Å². The van der Waals surface area contributed by atoms with Crippen molar-refractivity contribution < 1.29 is 19.8 Å². The third-order valence-electron chi connectivity index (χ3n) is 3.88. The van der Waals surface area contributed by atoms with Crippen molar-refractivity contribution in [2.24, 2.45) is 0 Å². The van der Waals surface area contributed by atoms with Gasteiger partial charge in [0.15, 0.2) is 5.57 Å². The summed E-state index contributed by atoms with van der Waals surface area (Å²) in [6, 6.07) is 8.25. The minimum atomic E-state index is -1.52. The highest BCUT2D eigenvalue weighted by molar-refractivity contribution is 7.07. The maximum absolute atomic E-state index is 12.5. The van der Waals surface area contributed by atoms with E-state index in [0.29, 0.717) is 11.4 Å². The van der Waals surface area contributed by atoms with E-state index in [1.165, 1.54) is 30.7 Å². The molecule has 0 radical (unpaired) electrons. The molecule has 31 heavy (non-hydrogen) atoms. The third kappa shape index (κ3) is 6.06. The fourth-order valence-electron chi connectivity index (χ4n) is 2.27. The van der Waals surface area contributed by atoms with Crippen LogP contribution in [0.25, 0.3) is 11.5 Å². The number of carboxylic acid groups (broad SMARTS) is 1. The molecule has 1 amide bonds. The predicted octanol–water partition coefficient (Wildman–Crippen LogP) is 0.558. The number of aliphatic hydroxyl groups is 1. The van der Waals surface area contributed by atoms with Crippen molar-refractivity contribution in [3.8, 4) is 6.07 Å². The van der Waals surface area contributed by atoms with E-state index in [0.717, 1.165) is 11.3 Å². The lowest BCUT2D eigenvalue weighted by Crippen LogP contribution is -2.36. The number of anilines is 2. The Morgan fingerprint density at radius 2 is 2.00 bits per heavy atom. The second-order valence-electron chi connectivity index (χ2n) is 6.73. The molecule has 1 aromatic carbocycles. The third-order valence-corrected chi connectivity index (χ3v) is 4.89. The summed E-state index contributed by atoms with van der Waals surface area (Å²) in [5, 5.41) is 33.1. The molecule has 4 N–H and O–H groups in total. The van der Waals surface area contributed by atoms with Crippen molar-refractivity contribution in [2.75, 3.05) is 10.6 Å². The molecule has 0 atom stereocenters. The number of nitriles is 1. The highest BCUT2D eigenvalue weighted by Gasteiger charge is 2.23. The fraction of sp³-hybridized carbons (Fsp3) is 0.238. The second kappa shape index (κ2) is 9.76. The van der Waals surface area contributed by atoms with Crippen LogP contribution in [0.5, 0.6) is 0 Å². The average molecular weight is 440 g/mol. The molecule has 0 saturated carbocycles. The van der Waals surface area contributed by atoms with Crippen LogP contribution in [-0.4, -0.2) is 32.3 Å². The standard InChI is InChI=1S/C21H20N4O5S/c1-4-25-17(10-13(12-22)19(27)28)31-16(18(25)26)8-9-23-14-6-5-7-15(11-14)24-20(29)21(2,3)30/h5-7,9,11,23,30H,4H2,1-3H3,(H,24,29)(H,27,28). The predicted molar refractivity (Wildman–Crippen MR) is 117 cm³/mol. The van der Waals surface area contributed by atoms with E-state index in [1.54, 1.807) is 31.2 Å². The van der Waals surface area contributed by atoms with Gasteiger partial charge in [-0.15, -0.1) is 0 Å². The summed E-state index contributed by atoms with van der Waals surface area (Å²) in [4.78, 5) is 35.4. The van der Waals surface area contributed by atoms with Gasteiger partial charge in [0.1, 0.15) is 20.9 Å². The Bertz CT molecular complexity index is 1310. The molecule has 0 aliphatic rings. The number of thiazole rings is 1. The summed E-state index contributed by atoms with van der Waals surface area (Å²) in [6.45, 7) is 4.74. The number of benzene rings is 1. The van der Waals surface area contributed by atoms with Crippen LogP contribution in [-0.2, 0) is 16.1 Å². The Morgan fingerprint density at radius 1 is 1.32 bits per heavy atom. The lowest BCUT2D eigenvalue weighted by atomic mass is 10.1. The Labute approximate surface area is 181 Å². The molecule has 1 aromatic heterocycles. The summed E-state index contributed by atoms with van der Waals surface area (Å²) in [5.74, 6) is -1.98. The van der Waals surface area contributed by atoms with Crippen molar-refractivity contribution in [2.45, 2.75) is 32.9 Å². The zero-order valence-corrected chi connectivity index (χ0v) is 17.8. The molecule has 0 fully saturated rings. The normalized spacial score (nSPS) is 10.3. The molecular weight excluding hydrogens is 420 g/mol. The Balaban J connectivity index is 2.42. The van der Waals surface area contributed by atoms with Crippen LogP contribution in [0, 0.1) is 11.3 Å². The van der Waals surface area contributed by atoms with Crippen LogP contribution in [0.1, 0.15) is 20.8 Å². The van der Waals surface area contributed by atoms with Crippen molar-refractivity contribution >= 4 is 46.1 Å². The Kier molecular flexibility index (Phi) is 7.37. The van der Waals surface area contributed by atoms with Crippen LogP contribution in [0.4, 0.5) is 11.4 Å². The van der Waals surface area contributed by atoms with E-state index >= 15 is 0 Å². The number of carbonyl (C=O) groups is 2. The zero-order valence-electron chi connectivity index (χ0n) is 17.0. The molecule has 0 unspecified atom stereocenters. The number of amides is 1. The number of aromatic nitrogens is 1. The van der Waals surface area contributed by atoms with Crippen LogP contribution in [0.3, 0.4) is 0 Å². The summed E-state index contributed by atoms with van der Waals surface area (Å²) < 4.78 is 1.71. The van der Waals surface area contributed by atoms with Gasteiger partial charge in [-0.3, -0.25) is 14.2 Å². The maximum atomic E-state index is 12.5. The smallest absolute Gasteiger partial charge is 0.354 e.